The standard InChI is InChI=1S/C21H19F4N3O/c1-21(2,3)8-15-18(17-12(24)5-10(23)6-13(17)25)19-16-11(20(29)28-27-19)4-9(22)7-14(16)26-15/h4-7,15,18,26H,8H2,1-3H3,(H,28,29)/t15-,18+/m1/s1. The molecular formula is C21H19F4N3O. The molecule has 2 aromatic carbocycles. The molecule has 152 valence electrons. The first-order valence-corrected chi connectivity index (χ1v) is 9.18. The maximum atomic E-state index is 14.7. The lowest BCUT2D eigenvalue weighted by Crippen LogP contribution is -2.37. The van der Waals surface area contributed by atoms with Crippen LogP contribution in [-0.2, 0) is 0 Å². The van der Waals surface area contributed by atoms with E-state index in [0.29, 0.717) is 29.6 Å². The normalized spacial score (nSPS) is 18.7. The van der Waals surface area contributed by atoms with Crippen LogP contribution in [0, 0.1) is 28.7 Å². The first-order valence-electron chi connectivity index (χ1n) is 9.18. The van der Waals surface area contributed by atoms with E-state index in [2.05, 4.69) is 15.5 Å². The first-order chi connectivity index (χ1) is 13.5. The van der Waals surface area contributed by atoms with E-state index in [1.54, 1.807) is 0 Å². The number of anilines is 1. The van der Waals surface area contributed by atoms with E-state index in [1.807, 2.05) is 20.8 Å². The molecule has 1 aromatic heterocycles. The van der Waals surface area contributed by atoms with Gasteiger partial charge in [-0.05, 0) is 24.0 Å². The molecule has 0 aliphatic carbocycles. The highest BCUT2D eigenvalue weighted by Crippen LogP contribution is 2.44. The van der Waals surface area contributed by atoms with E-state index in [0.717, 1.165) is 6.07 Å². The highest BCUT2D eigenvalue weighted by Gasteiger charge is 2.39. The Hall–Kier alpha value is -2.90. The second kappa shape index (κ2) is 6.57. The van der Waals surface area contributed by atoms with Gasteiger partial charge in [-0.3, -0.25) is 4.79 Å². The summed E-state index contributed by atoms with van der Waals surface area (Å²) in [6.07, 6.45) is 0.451. The number of aromatic nitrogens is 2. The van der Waals surface area contributed by atoms with E-state index in [9.17, 15) is 22.4 Å². The Morgan fingerprint density at radius 1 is 1.00 bits per heavy atom. The maximum absolute atomic E-state index is 14.7. The minimum Gasteiger partial charge on any atom is -0.381 e. The summed E-state index contributed by atoms with van der Waals surface area (Å²) in [6.45, 7) is 5.88. The number of hydrogen-bond acceptors (Lipinski definition) is 3. The third-order valence-corrected chi connectivity index (χ3v) is 5.11. The molecule has 4 nitrogen and oxygen atoms in total. The summed E-state index contributed by atoms with van der Waals surface area (Å²) in [5.74, 6) is -4.68. The van der Waals surface area contributed by atoms with E-state index in [1.165, 1.54) is 6.07 Å². The number of hydrogen-bond donors (Lipinski definition) is 2. The third kappa shape index (κ3) is 3.36. The Labute approximate surface area is 164 Å². The van der Waals surface area contributed by atoms with Crippen molar-refractivity contribution >= 4 is 16.5 Å². The van der Waals surface area contributed by atoms with Gasteiger partial charge in [0.15, 0.2) is 0 Å². The molecule has 0 amide bonds. The van der Waals surface area contributed by atoms with Crippen LogP contribution < -0.4 is 10.9 Å². The molecule has 29 heavy (non-hydrogen) atoms. The number of nitrogens with one attached hydrogen (secondary N) is 2. The quantitative estimate of drug-likeness (QED) is 0.600. The van der Waals surface area contributed by atoms with E-state index in [-0.39, 0.29) is 22.1 Å². The molecule has 0 saturated heterocycles. The molecule has 3 aromatic rings. The first kappa shape index (κ1) is 19.4. The molecule has 1 aliphatic heterocycles. The van der Waals surface area contributed by atoms with Gasteiger partial charge in [-0.25, -0.2) is 22.7 Å². The molecular weight excluding hydrogens is 386 g/mol. The van der Waals surface area contributed by atoms with Gasteiger partial charge in [0.25, 0.3) is 5.56 Å². The Kier molecular flexibility index (Phi) is 4.40. The van der Waals surface area contributed by atoms with Gasteiger partial charge in [0.2, 0.25) is 0 Å². The summed E-state index contributed by atoms with van der Waals surface area (Å²) in [6, 6.07) is 2.96. The Balaban J connectivity index is 2.05. The average Bonchev–Trinajstić information content (AvgIpc) is 2.57. The molecule has 0 fully saturated rings. The number of rotatable bonds is 2. The van der Waals surface area contributed by atoms with Crippen LogP contribution in [0.4, 0.5) is 23.2 Å². The summed E-state index contributed by atoms with van der Waals surface area (Å²) in [7, 11) is 0. The molecule has 2 atom stereocenters. The van der Waals surface area contributed by atoms with Crippen molar-refractivity contribution in [3.05, 3.63) is 69.1 Å². The molecule has 2 heterocycles. The zero-order chi connectivity index (χ0) is 21.1. The van der Waals surface area contributed by atoms with Crippen LogP contribution in [0.1, 0.15) is 44.4 Å². The van der Waals surface area contributed by atoms with Crippen LogP contribution in [0.3, 0.4) is 0 Å². The lowest BCUT2D eigenvalue weighted by atomic mass is 9.76. The van der Waals surface area contributed by atoms with Gasteiger partial charge in [-0.15, -0.1) is 0 Å². The molecule has 0 unspecified atom stereocenters. The minimum atomic E-state index is -1.04. The van der Waals surface area contributed by atoms with Crippen molar-refractivity contribution in [1.82, 2.24) is 10.2 Å². The molecule has 1 aliphatic rings. The predicted octanol–water partition coefficient (Wildman–Crippen LogP) is 4.84. The average molecular weight is 405 g/mol. The summed E-state index contributed by atoms with van der Waals surface area (Å²) >= 11 is 0. The molecule has 4 rings (SSSR count). The van der Waals surface area contributed by atoms with Gasteiger partial charge < -0.3 is 5.32 Å². The van der Waals surface area contributed by atoms with Crippen molar-refractivity contribution in [2.75, 3.05) is 5.32 Å². The van der Waals surface area contributed by atoms with Gasteiger partial charge in [0.1, 0.15) is 23.3 Å². The van der Waals surface area contributed by atoms with Crippen LogP contribution in [-0.4, -0.2) is 16.2 Å². The highest BCUT2D eigenvalue weighted by atomic mass is 19.1. The fourth-order valence-corrected chi connectivity index (χ4v) is 4.12. The summed E-state index contributed by atoms with van der Waals surface area (Å²) < 4.78 is 57.1. The Morgan fingerprint density at radius 2 is 1.62 bits per heavy atom. The molecule has 0 radical (unpaired) electrons. The zero-order valence-electron chi connectivity index (χ0n) is 16.0. The number of H-pyrrole nitrogens is 1. The van der Waals surface area contributed by atoms with Crippen LogP contribution in [0.25, 0.3) is 10.8 Å². The number of aromatic amines is 1. The zero-order valence-corrected chi connectivity index (χ0v) is 16.0. The minimum absolute atomic E-state index is 0.0274. The monoisotopic (exact) mass is 405 g/mol. The summed E-state index contributed by atoms with van der Waals surface area (Å²) in [4.78, 5) is 12.2. The van der Waals surface area contributed by atoms with E-state index in [4.69, 9.17) is 0 Å². The van der Waals surface area contributed by atoms with Gasteiger partial charge in [-0.1, -0.05) is 20.8 Å². The fraction of sp³-hybridized carbons (Fsp3) is 0.333. The van der Waals surface area contributed by atoms with Crippen molar-refractivity contribution < 1.29 is 17.6 Å². The third-order valence-electron chi connectivity index (χ3n) is 5.11. The SMILES string of the molecule is CC(C)(C)C[C@H]1Nc2cc(F)cc3c(=O)[nH]nc(c23)[C@@H]1c1c(F)cc(F)cc1F. The highest BCUT2D eigenvalue weighted by molar-refractivity contribution is 5.97. The topological polar surface area (TPSA) is 57.8 Å². The lowest BCUT2D eigenvalue weighted by molar-refractivity contribution is 0.329. The lowest BCUT2D eigenvalue weighted by Gasteiger charge is -2.37. The molecule has 0 saturated carbocycles. The molecule has 8 heteroatoms. The largest absolute Gasteiger partial charge is 0.381 e. The van der Waals surface area contributed by atoms with Crippen LogP contribution in [0.5, 0.6) is 0 Å². The fourth-order valence-electron chi connectivity index (χ4n) is 4.12. The smallest absolute Gasteiger partial charge is 0.272 e. The summed E-state index contributed by atoms with van der Waals surface area (Å²) in [5.41, 5.74) is -0.660. The van der Waals surface area contributed by atoms with Crippen LogP contribution in [0.15, 0.2) is 29.1 Å². The number of halogens is 4. The van der Waals surface area contributed by atoms with Gasteiger partial charge in [0, 0.05) is 34.8 Å². The predicted molar refractivity (Wildman–Crippen MR) is 102 cm³/mol. The number of nitrogens with zero attached hydrogens (tertiary/aromatic N) is 1. The number of benzene rings is 2. The van der Waals surface area contributed by atoms with Crippen molar-refractivity contribution in [1.29, 1.82) is 0 Å². The van der Waals surface area contributed by atoms with Gasteiger partial charge in [0.05, 0.1) is 17.0 Å². The van der Waals surface area contributed by atoms with Crippen LogP contribution >= 0.6 is 0 Å². The van der Waals surface area contributed by atoms with Crippen LogP contribution in [0.2, 0.25) is 0 Å². The van der Waals surface area contributed by atoms with Crippen molar-refractivity contribution in [3.63, 3.8) is 0 Å². The van der Waals surface area contributed by atoms with Gasteiger partial charge >= 0.3 is 0 Å². The van der Waals surface area contributed by atoms with Crippen molar-refractivity contribution in [2.24, 2.45) is 5.41 Å². The van der Waals surface area contributed by atoms with E-state index < -0.39 is 40.8 Å². The second-order valence-electron chi connectivity index (χ2n) is 8.59. The molecule has 0 spiro atoms. The Bertz CT molecular complexity index is 1160. The molecule has 2 N–H and O–H groups in total. The summed E-state index contributed by atoms with van der Waals surface area (Å²) in [5, 5.41) is 9.85. The Morgan fingerprint density at radius 3 is 2.24 bits per heavy atom. The van der Waals surface area contributed by atoms with Gasteiger partial charge in [-0.2, -0.15) is 5.10 Å². The van der Waals surface area contributed by atoms with E-state index >= 15 is 0 Å². The second-order valence-corrected chi connectivity index (χ2v) is 8.59. The van der Waals surface area contributed by atoms with Crippen molar-refractivity contribution in [2.45, 2.75) is 39.2 Å². The maximum Gasteiger partial charge on any atom is 0.272 e. The molecule has 0 bridgehead atoms. The van der Waals surface area contributed by atoms with Crippen molar-refractivity contribution in [3.8, 4) is 0 Å².